The van der Waals surface area contributed by atoms with Crippen LogP contribution in [-0.2, 0) is 29.1 Å². The number of carboxylic acid groups (broad SMARTS) is 1. The molecule has 0 bridgehead atoms. The van der Waals surface area contributed by atoms with E-state index in [1.165, 1.54) is 11.5 Å². The number of benzene rings is 1. The van der Waals surface area contributed by atoms with E-state index in [0.717, 1.165) is 12.1 Å². The first-order valence-corrected chi connectivity index (χ1v) is 13.0. The van der Waals surface area contributed by atoms with Gasteiger partial charge in [-0.2, -0.15) is 5.48 Å². The summed E-state index contributed by atoms with van der Waals surface area (Å²) in [7, 11) is 0. The molecule has 1 heterocycles. The second-order valence-electron chi connectivity index (χ2n) is 9.06. The van der Waals surface area contributed by atoms with Crippen molar-refractivity contribution in [3.05, 3.63) is 33.9 Å². The van der Waals surface area contributed by atoms with Gasteiger partial charge in [0.25, 0.3) is 11.6 Å². The van der Waals surface area contributed by atoms with Crippen LogP contribution >= 0.6 is 0 Å². The Morgan fingerprint density at radius 2 is 1.88 bits per heavy atom. The fourth-order valence-corrected chi connectivity index (χ4v) is 3.83. The number of nitrogens with zero attached hydrogens (tertiary/aromatic N) is 1. The number of hydroxylamine groups is 1. The molecule has 230 valence electrons. The number of nitro benzene ring substituents is 1. The second-order valence-corrected chi connectivity index (χ2v) is 9.06. The fraction of sp³-hybridized carbons (Fsp3) is 0.423. The molecule has 0 saturated carbocycles. The molecule has 2 rings (SSSR count). The molecule has 17 nitrogen and oxygen atoms in total. The summed E-state index contributed by atoms with van der Waals surface area (Å²) in [5, 5.41) is 27.8. The molecule has 0 saturated heterocycles. The summed E-state index contributed by atoms with van der Waals surface area (Å²) in [5.74, 6) is -0.656. The summed E-state index contributed by atoms with van der Waals surface area (Å²) in [6.07, 6.45) is 6.91. The first-order valence-electron chi connectivity index (χ1n) is 13.0. The quantitative estimate of drug-likeness (QED) is 0.0500. The predicted molar refractivity (Wildman–Crippen MR) is 144 cm³/mol. The number of nitrogens with one attached hydrogen (secondary N) is 3. The molecule has 1 aromatic carbocycles. The normalized spacial score (nSPS) is 18.9. The minimum Gasteiger partial charge on any atom is -0.493 e. The highest BCUT2D eigenvalue weighted by Crippen LogP contribution is 2.25. The number of ether oxygens (including phenoxy) is 1. The van der Waals surface area contributed by atoms with E-state index < -0.39 is 64.8 Å². The third-order valence-electron chi connectivity index (χ3n) is 5.99. The van der Waals surface area contributed by atoms with Gasteiger partial charge >= 0.3 is 5.97 Å². The fourth-order valence-electron chi connectivity index (χ4n) is 3.83. The number of carboxylic acids is 1. The zero-order valence-electron chi connectivity index (χ0n) is 22.8. The van der Waals surface area contributed by atoms with Crippen LogP contribution in [0.25, 0.3) is 0 Å². The van der Waals surface area contributed by atoms with Gasteiger partial charge in [-0.15, -0.1) is 6.42 Å². The summed E-state index contributed by atoms with van der Waals surface area (Å²) >= 11 is 0. The highest BCUT2D eigenvalue weighted by atomic mass is 17.3. The zero-order chi connectivity index (χ0) is 31.8. The van der Waals surface area contributed by atoms with Crippen LogP contribution in [0.1, 0.15) is 48.9 Å². The molecule has 1 aromatic rings. The average molecular weight is 604 g/mol. The van der Waals surface area contributed by atoms with E-state index in [2.05, 4.69) is 32.9 Å². The van der Waals surface area contributed by atoms with E-state index in [-0.39, 0.29) is 37.2 Å². The van der Waals surface area contributed by atoms with Crippen LogP contribution in [0.5, 0.6) is 5.75 Å². The van der Waals surface area contributed by atoms with Gasteiger partial charge in [0.1, 0.15) is 30.4 Å². The Labute approximate surface area is 245 Å². The van der Waals surface area contributed by atoms with Crippen LogP contribution in [0.4, 0.5) is 5.69 Å². The summed E-state index contributed by atoms with van der Waals surface area (Å²) in [5.41, 5.74) is 6.02. The van der Waals surface area contributed by atoms with Gasteiger partial charge < -0.3 is 31.5 Å². The number of amides is 4. The van der Waals surface area contributed by atoms with Crippen molar-refractivity contribution in [2.75, 3.05) is 13.2 Å². The van der Waals surface area contributed by atoms with E-state index in [9.17, 15) is 34.1 Å². The minimum atomic E-state index is -1.45. The van der Waals surface area contributed by atoms with E-state index in [0.29, 0.717) is 19.4 Å². The molecule has 1 aliphatic rings. The number of carbonyl (C=O) groups is 5. The maximum Gasteiger partial charge on any atom is 0.303 e. The maximum atomic E-state index is 13.3. The number of aliphatic carboxylic acids is 1. The molecule has 43 heavy (non-hydrogen) atoms. The van der Waals surface area contributed by atoms with Gasteiger partial charge in [0.05, 0.1) is 17.1 Å². The number of nitro groups is 1. The molecule has 0 fully saturated rings. The number of terminal acetylenes is 1. The molecule has 8 N–H and O–H groups in total. The van der Waals surface area contributed by atoms with Crippen molar-refractivity contribution in [1.29, 1.82) is 0 Å². The maximum absolute atomic E-state index is 13.3. The predicted octanol–water partition coefficient (Wildman–Crippen LogP) is -2.01. The highest BCUT2D eigenvalue weighted by Gasteiger charge is 2.31. The number of unbranched alkanes of at least 4 members (excludes halogenated alkanes) is 1. The molecular weight excluding hydrogens is 572 g/mol. The van der Waals surface area contributed by atoms with Gasteiger partial charge in [-0.25, -0.2) is 4.89 Å². The third kappa shape index (κ3) is 11.6. The van der Waals surface area contributed by atoms with Crippen molar-refractivity contribution in [2.45, 2.75) is 56.7 Å². The average Bonchev–Trinajstić information content (AvgIpc) is 2.96. The summed E-state index contributed by atoms with van der Waals surface area (Å²) < 4.78 is 5.59. The Bertz CT molecular complexity index is 1320. The summed E-state index contributed by atoms with van der Waals surface area (Å²) in [4.78, 5) is 82.7. The van der Waals surface area contributed by atoms with Crippen LogP contribution in [0, 0.1) is 34.5 Å². The zero-order valence-corrected chi connectivity index (χ0v) is 22.8. The molecule has 3 atom stereocenters. The third-order valence-corrected chi connectivity index (χ3v) is 5.99. The molecule has 0 radical (unpaired) electrons. The van der Waals surface area contributed by atoms with Crippen LogP contribution < -0.4 is 31.9 Å². The number of non-ortho nitro benzene ring substituents is 1. The van der Waals surface area contributed by atoms with Crippen molar-refractivity contribution < 1.29 is 54.1 Å². The van der Waals surface area contributed by atoms with Crippen molar-refractivity contribution in [2.24, 2.45) is 5.73 Å². The monoisotopic (exact) mass is 603 g/mol. The lowest BCUT2D eigenvalue weighted by Crippen LogP contribution is -2.82. The Balaban J connectivity index is 2.30. The van der Waals surface area contributed by atoms with E-state index in [4.69, 9.17) is 27.0 Å². The number of quaternary nitrogens is 1. The molecule has 4 amide bonds. The van der Waals surface area contributed by atoms with Crippen LogP contribution in [0.3, 0.4) is 0 Å². The summed E-state index contributed by atoms with van der Waals surface area (Å²) in [6.45, 7) is 0.138. The molecular formula is C26H31N6O11+. The number of rotatable bonds is 12. The van der Waals surface area contributed by atoms with Crippen molar-refractivity contribution >= 4 is 35.3 Å². The minimum absolute atomic E-state index is 0.0692. The van der Waals surface area contributed by atoms with Gasteiger partial charge in [0, 0.05) is 35.9 Å². The van der Waals surface area contributed by atoms with Crippen LogP contribution in [-0.4, -0.2) is 70.9 Å². The van der Waals surface area contributed by atoms with Crippen molar-refractivity contribution in [3.63, 3.8) is 0 Å². The molecule has 0 aliphatic carbocycles. The SMILES string of the molecule is C#CC#COO[NH2+]CCCCC1NC(=O)C(CCC(=O)O)NC(=O)c2cc([N+](=O)[O-])ccc2OCCC(C(N)=O)NC1=O. The lowest BCUT2D eigenvalue weighted by molar-refractivity contribution is -0.960. The van der Waals surface area contributed by atoms with E-state index in [1.807, 2.05) is 5.92 Å². The number of primary amides is 1. The Morgan fingerprint density at radius 3 is 2.56 bits per heavy atom. The standard InChI is InChI=1S/C26H30N6O11/c1-2-3-13-42-43-28-12-5-4-6-19-25(37)29-18(23(27)35)11-14-41-21-9-7-16(32(39)40)15-17(21)24(36)30-20(26(38)31-19)8-10-22(33)34/h1,7,9,15,18-20,28H,4-6,8,10-12,14H2,(H2,27,35)(H,29,37)(H,30,36)(H,31,38)(H,33,34)/p+1. The number of hydrogen-bond acceptors (Lipinski definition) is 10. The summed E-state index contributed by atoms with van der Waals surface area (Å²) in [6, 6.07) is -0.703. The lowest BCUT2D eigenvalue weighted by atomic mass is 10.0. The Kier molecular flexibility index (Phi) is 13.7. The number of hydrogen-bond donors (Lipinski definition) is 6. The lowest BCUT2D eigenvalue weighted by Gasteiger charge is -2.25. The second kappa shape index (κ2) is 17.4. The van der Waals surface area contributed by atoms with Crippen LogP contribution in [0.2, 0.25) is 0 Å². The van der Waals surface area contributed by atoms with Gasteiger partial charge in [-0.3, -0.25) is 34.1 Å². The smallest absolute Gasteiger partial charge is 0.303 e. The molecule has 17 heteroatoms. The molecule has 3 unspecified atom stereocenters. The van der Waals surface area contributed by atoms with Gasteiger partial charge in [-0.1, -0.05) is 0 Å². The van der Waals surface area contributed by atoms with Gasteiger partial charge in [0.15, 0.2) is 6.11 Å². The van der Waals surface area contributed by atoms with E-state index in [1.54, 1.807) is 0 Å². The largest absolute Gasteiger partial charge is 0.493 e. The van der Waals surface area contributed by atoms with E-state index >= 15 is 0 Å². The molecule has 0 aromatic heterocycles. The Morgan fingerprint density at radius 1 is 1.16 bits per heavy atom. The Hall–Kier alpha value is -5.39. The number of nitrogens with two attached hydrogens (primary N) is 2. The molecule has 1 aliphatic heterocycles. The highest BCUT2D eigenvalue weighted by molar-refractivity contribution is 6.01. The number of fused-ring (bicyclic) bond motifs is 1. The van der Waals surface area contributed by atoms with Crippen molar-refractivity contribution in [1.82, 2.24) is 16.0 Å². The first-order chi connectivity index (χ1) is 20.5. The topological polar surface area (TPSA) is 255 Å². The number of carbonyl (C=O) groups excluding carboxylic acids is 4. The van der Waals surface area contributed by atoms with Gasteiger partial charge in [-0.05, 0) is 37.7 Å². The van der Waals surface area contributed by atoms with Gasteiger partial charge in [0.2, 0.25) is 17.7 Å². The van der Waals surface area contributed by atoms with Crippen LogP contribution in [0.15, 0.2) is 18.2 Å². The van der Waals surface area contributed by atoms with Crippen molar-refractivity contribution in [3.8, 4) is 30.1 Å². The first kappa shape index (κ1) is 33.8. The molecule has 0 spiro atoms.